The van der Waals surface area contributed by atoms with Crippen LogP contribution in [0, 0.1) is 5.92 Å². The summed E-state index contributed by atoms with van der Waals surface area (Å²) in [4.78, 5) is 10.9. The van der Waals surface area contributed by atoms with Crippen molar-refractivity contribution in [3.05, 3.63) is 11.8 Å². The molecule has 0 fully saturated rings. The van der Waals surface area contributed by atoms with Crippen molar-refractivity contribution in [2.75, 3.05) is 6.61 Å². The zero-order valence-corrected chi connectivity index (χ0v) is 8.67. The Morgan fingerprint density at radius 2 is 2.15 bits per heavy atom. The molecule has 0 aliphatic heterocycles. The molecule has 0 aliphatic carbocycles. The number of nitrogens with two attached hydrogens (primary N) is 1. The molecule has 1 unspecified atom stereocenters. The highest BCUT2D eigenvalue weighted by Crippen LogP contribution is 2.10. The highest BCUT2D eigenvalue weighted by atomic mass is 16.5. The first-order valence-corrected chi connectivity index (χ1v) is 4.72. The summed E-state index contributed by atoms with van der Waals surface area (Å²) in [6, 6.07) is 0. The largest absolute Gasteiger partial charge is 0.463 e. The summed E-state index contributed by atoms with van der Waals surface area (Å²) in [5, 5.41) is 0. The number of ether oxygens (including phenoxy) is 1. The van der Waals surface area contributed by atoms with Gasteiger partial charge in [-0.3, -0.25) is 0 Å². The van der Waals surface area contributed by atoms with Crippen molar-refractivity contribution in [1.82, 2.24) is 0 Å². The zero-order valence-electron chi connectivity index (χ0n) is 8.67. The minimum atomic E-state index is -0.344. The Bertz CT molecular complexity index is 187. The number of carbonyl (C=O) groups is 1. The molecule has 3 heteroatoms. The Kier molecular flexibility index (Phi) is 6.02. The van der Waals surface area contributed by atoms with E-state index >= 15 is 0 Å². The number of allylic oxidation sites excluding steroid dienone is 1. The van der Waals surface area contributed by atoms with Crippen LogP contribution >= 0.6 is 0 Å². The quantitative estimate of drug-likeness (QED) is 0.525. The van der Waals surface area contributed by atoms with Crippen molar-refractivity contribution in [3.8, 4) is 0 Å². The molecule has 0 spiro atoms. The third-order valence-corrected chi connectivity index (χ3v) is 1.87. The third kappa shape index (κ3) is 6.20. The van der Waals surface area contributed by atoms with Gasteiger partial charge in [0.2, 0.25) is 0 Å². The molecule has 0 aromatic rings. The van der Waals surface area contributed by atoms with E-state index in [-0.39, 0.29) is 5.97 Å². The molecular formula is C10H19NO2. The standard InChI is InChI=1S/C10H19NO2/c1-4-8(3)6-9(11)7-10(12)13-5-2/h7-8H,4-6,11H2,1-3H3. The van der Waals surface area contributed by atoms with Gasteiger partial charge in [0.15, 0.2) is 0 Å². The molecule has 0 amide bonds. The molecule has 0 saturated carbocycles. The van der Waals surface area contributed by atoms with Crippen LogP contribution in [0.3, 0.4) is 0 Å². The van der Waals surface area contributed by atoms with Gasteiger partial charge in [0, 0.05) is 11.8 Å². The van der Waals surface area contributed by atoms with Gasteiger partial charge < -0.3 is 10.5 Å². The summed E-state index contributed by atoms with van der Waals surface area (Å²) in [5.41, 5.74) is 6.25. The summed E-state index contributed by atoms with van der Waals surface area (Å²) in [6.07, 6.45) is 3.20. The molecule has 0 rings (SSSR count). The monoisotopic (exact) mass is 185 g/mol. The number of rotatable bonds is 5. The highest BCUT2D eigenvalue weighted by Gasteiger charge is 2.03. The lowest BCUT2D eigenvalue weighted by atomic mass is 10.0. The summed E-state index contributed by atoms with van der Waals surface area (Å²) in [6.45, 7) is 6.37. The Morgan fingerprint density at radius 3 is 2.62 bits per heavy atom. The number of hydrogen-bond acceptors (Lipinski definition) is 3. The van der Waals surface area contributed by atoms with Gasteiger partial charge in [-0.05, 0) is 19.3 Å². The zero-order chi connectivity index (χ0) is 10.3. The molecule has 0 radical (unpaired) electrons. The molecule has 0 saturated heterocycles. The van der Waals surface area contributed by atoms with E-state index in [2.05, 4.69) is 13.8 Å². The van der Waals surface area contributed by atoms with Crippen LogP contribution < -0.4 is 5.73 Å². The van der Waals surface area contributed by atoms with E-state index < -0.39 is 0 Å². The van der Waals surface area contributed by atoms with Crippen molar-refractivity contribution >= 4 is 5.97 Å². The second kappa shape index (κ2) is 6.52. The van der Waals surface area contributed by atoms with Crippen LogP contribution in [-0.2, 0) is 9.53 Å². The maximum Gasteiger partial charge on any atom is 0.332 e. The third-order valence-electron chi connectivity index (χ3n) is 1.87. The molecule has 76 valence electrons. The van der Waals surface area contributed by atoms with Crippen LogP contribution in [0.4, 0.5) is 0 Å². The smallest absolute Gasteiger partial charge is 0.332 e. The average Bonchev–Trinajstić information content (AvgIpc) is 2.04. The van der Waals surface area contributed by atoms with Gasteiger partial charge in [0.25, 0.3) is 0 Å². The van der Waals surface area contributed by atoms with Crippen LogP contribution in [0.1, 0.15) is 33.6 Å². The first-order chi connectivity index (χ1) is 6.10. The van der Waals surface area contributed by atoms with Crippen molar-refractivity contribution in [2.45, 2.75) is 33.6 Å². The van der Waals surface area contributed by atoms with E-state index in [1.54, 1.807) is 6.92 Å². The lowest BCUT2D eigenvalue weighted by molar-refractivity contribution is -0.137. The van der Waals surface area contributed by atoms with Crippen LogP contribution in [0.2, 0.25) is 0 Å². The molecule has 0 heterocycles. The lowest BCUT2D eigenvalue weighted by Crippen LogP contribution is -2.08. The fraction of sp³-hybridized carbons (Fsp3) is 0.700. The first-order valence-electron chi connectivity index (χ1n) is 4.72. The van der Waals surface area contributed by atoms with E-state index in [1.165, 1.54) is 6.08 Å². The van der Waals surface area contributed by atoms with Gasteiger partial charge in [0.05, 0.1) is 6.61 Å². The number of carbonyl (C=O) groups excluding carboxylic acids is 1. The van der Waals surface area contributed by atoms with Gasteiger partial charge in [-0.2, -0.15) is 0 Å². The van der Waals surface area contributed by atoms with Crippen molar-refractivity contribution < 1.29 is 9.53 Å². The Morgan fingerprint density at radius 1 is 1.54 bits per heavy atom. The minimum absolute atomic E-state index is 0.344. The summed E-state index contributed by atoms with van der Waals surface area (Å²) < 4.78 is 4.73. The fourth-order valence-electron chi connectivity index (χ4n) is 0.941. The molecule has 0 aromatic carbocycles. The van der Waals surface area contributed by atoms with E-state index in [9.17, 15) is 4.79 Å². The second-order valence-corrected chi connectivity index (χ2v) is 3.19. The normalized spacial score (nSPS) is 13.9. The topological polar surface area (TPSA) is 52.3 Å². The Balaban J connectivity index is 3.93. The fourth-order valence-corrected chi connectivity index (χ4v) is 0.941. The predicted molar refractivity (Wildman–Crippen MR) is 53.0 cm³/mol. The van der Waals surface area contributed by atoms with Crippen LogP contribution in [0.5, 0.6) is 0 Å². The summed E-state index contributed by atoms with van der Waals surface area (Å²) in [5.74, 6) is 0.175. The molecule has 13 heavy (non-hydrogen) atoms. The molecule has 2 N–H and O–H groups in total. The van der Waals surface area contributed by atoms with Crippen molar-refractivity contribution in [2.24, 2.45) is 11.7 Å². The maximum atomic E-state index is 10.9. The predicted octanol–water partition coefficient (Wildman–Crippen LogP) is 1.83. The second-order valence-electron chi connectivity index (χ2n) is 3.19. The average molecular weight is 185 g/mol. The summed E-state index contributed by atoms with van der Waals surface area (Å²) >= 11 is 0. The number of esters is 1. The van der Waals surface area contributed by atoms with E-state index in [0.717, 1.165) is 12.8 Å². The van der Waals surface area contributed by atoms with E-state index in [4.69, 9.17) is 10.5 Å². The van der Waals surface area contributed by atoms with Gasteiger partial charge in [-0.1, -0.05) is 20.3 Å². The number of hydrogen-bond donors (Lipinski definition) is 1. The molecule has 0 bridgehead atoms. The van der Waals surface area contributed by atoms with Crippen molar-refractivity contribution in [1.29, 1.82) is 0 Å². The molecular weight excluding hydrogens is 166 g/mol. The van der Waals surface area contributed by atoms with Gasteiger partial charge in [-0.15, -0.1) is 0 Å². The van der Waals surface area contributed by atoms with Gasteiger partial charge in [-0.25, -0.2) is 4.79 Å². The van der Waals surface area contributed by atoms with Crippen LogP contribution in [0.25, 0.3) is 0 Å². The van der Waals surface area contributed by atoms with Gasteiger partial charge >= 0.3 is 5.97 Å². The van der Waals surface area contributed by atoms with Gasteiger partial charge in [0.1, 0.15) is 0 Å². The lowest BCUT2D eigenvalue weighted by Gasteiger charge is -2.07. The molecule has 3 nitrogen and oxygen atoms in total. The van der Waals surface area contributed by atoms with E-state index in [0.29, 0.717) is 18.2 Å². The van der Waals surface area contributed by atoms with Crippen molar-refractivity contribution in [3.63, 3.8) is 0 Å². The SMILES string of the molecule is CCOC(=O)C=C(N)CC(C)CC. The first kappa shape index (κ1) is 12.0. The highest BCUT2D eigenvalue weighted by molar-refractivity contribution is 5.82. The Hall–Kier alpha value is -0.990. The molecule has 0 aromatic heterocycles. The molecule has 0 aliphatic rings. The minimum Gasteiger partial charge on any atom is -0.463 e. The molecule has 1 atom stereocenters. The summed E-state index contributed by atoms with van der Waals surface area (Å²) in [7, 11) is 0. The van der Waals surface area contributed by atoms with Crippen LogP contribution in [-0.4, -0.2) is 12.6 Å². The Labute approximate surface area is 79.9 Å². The maximum absolute atomic E-state index is 10.9. The van der Waals surface area contributed by atoms with E-state index in [1.807, 2.05) is 0 Å². The van der Waals surface area contributed by atoms with Crippen LogP contribution in [0.15, 0.2) is 11.8 Å².